The van der Waals surface area contributed by atoms with Gasteiger partial charge in [0.05, 0.1) is 17.2 Å². The number of methoxy groups -OCH3 is 1. The number of anilines is 1. The molecule has 148 valence electrons. The van der Waals surface area contributed by atoms with Crippen molar-refractivity contribution >= 4 is 29.2 Å². The topological polar surface area (TPSA) is 121 Å². The summed E-state index contributed by atoms with van der Waals surface area (Å²) in [5.41, 5.74) is 2.71. The van der Waals surface area contributed by atoms with Gasteiger partial charge in [0.15, 0.2) is 5.69 Å². The molecule has 1 aromatic carbocycles. The Morgan fingerprint density at radius 1 is 1.21 bits per heavy atom. The largest absolute Gasteiger partial charge is 0.466 e. The van der Waals surface area contributed by atoms with E-state index in [4.69, 9.17) is 38.4 Å². The van der Waals surface area contributed by atoms with Crippen LogP contribution in [-0.4, -0.2) is 31.8 Å². The van der Waals surface area contributed by atoms with Crippen molar-refractivity contribution in [1.29, 1.82) is 0 Å². The predicted octanol–water partition coefficient (Wildman–Crippen LogP) is 3.06. The highest BCUT2D eigenvalue weighted by Gasteiger charge is 2.39. The molecule has 2 heterocycles. The van der Waals surface area contributed by atoms with Crippen molar-refractivity contribution in [2.75, 3.05) is 12.8 Å². The van der Waals surface area contributed by atoms with Gasteiger partial charge in [-0.2, -0.15) is 22.8 Å². The Labute approximate surface area is 163 Å². The summed E-state index contributed by atoms with van der Waals surface area (Å²) < 4.78 is 51.0. The molecule has 3 N–H and O–H groups in total. The van der Waals surface area contributed by atoms with Gasteiger partial charge in [-0.25, -0.2) is 4.98 Å². The molecular formula is C14H9Cl2F3N6O3. The Kier molecular flexibility index (Phi) is 5.08. The number of nitrogens with zero attached hydrogens (tertiary/aromatic N) is 4. The maximum absolute atomic E-state index is 13.5. The number of alkyl halides is 3. The average molecular weight is 437 g/mol. The Bertz CT molecular complexity index is 1100. The highest BCUT2D eigenvalue weighted by molar-refractivity contribution is 6.42. The van der Waals surface area contributed by atoms with E-state index in [1.165, 1.54) is 19.2 Å². The van der Waals surface area contributed by atoms with Crippen LogP contribution < -0.4 is 20.8 Å². The van der Waals surface area contributed by atoms with Crippen LogP contribution in [0.4, 0.5) is 19.1 Å². The van der Waals surface area contributed by atoms with E-state index in [0.717, 1.165) is 6.07 Å². The lowest BCUT2D eigenvalue weighted by molar-refractivity contribution is -0.142. The van der Waals surface area contributed by atoms with Crippen LogP contribution >= 0.6 is 23.2 Å². The van der Waals surface area contributed by atoms with Crippen LogP contribution in [-0.2, 0) is 6.18 Å². The fourth-order valence-corrected chi connectivity index (χ4v) is 2.33. The van der Waals surface area contributed by atoms with Crippen LogP contribution in [0.2, 0.25) is 10.0 Å². The number of ether oxygens (including phenoxy) is 2. The van der Waals surface area contributed by atoms with Gasteiger partial charge >= 0.3 is 12.2 Å². The highest BCUT2D eigenvalue weighted by Crippen LogP contribution is 2.36. The Balaban J connectivity index is 2.14. The maximum atomic E-state index is 13.5. The van der Waals surface area contributed by atoms with Crippen molar-refractivity contribution in [3.8, 4) is 23.5 Å². The van der Waals surface area contributed by atoms with Gasteiger partial charge in [0.2, 0.25) is 17.6 Å². The summed E-state index contributed by atoms with van der Waals surface area (Å²) in [6, 6.07) is 3.45. The standard InChI is InChI=1S/C14H9Cl2F3N6O3/c1-27-13-23-11(20)25(24-13)12-21-9(14(17,18)19)8(10(26)22-12)28-5-2-3-6(15)7(16)4-5/h2-4H,1H3,(H2,20,23,24)(H,21,22,26). The molecule has 28 heavy (non-hydrogen) atoms. The molecule has 0 aliphatic rings. The highest BCUT2D eigenvalue weighted by atomic mass is 35.5. The number of hydrogen-bond donors (Lipinski definition) is 2. The van der Waals surface area contributed by atoms with Crippen molar-refractivity contribution < 1.29 is 22.6 Å². The molecule has 3 aromatic rings. The minimum absolute atomic E-state index is 0.0243. The molecule has 3 rings (SSSR count). The van der Waals surface area contributed by atoms with E-state index in [9.17, 15) is 18.0 Å². The van der Waals surface area contributed by atoms with Crippen molar-refractivity contribution in [2.45, 2.75) is 6.18 Å². The molecule has 2 aromatic heterocycles. The number of nitrogen functional groups attached to an aromatic ring is 1. The van der Waals surface area contributed by atoms with E-state index in [2.05, 4.69) is 20.1 Å². The van der Waals surface area contributed by atoms with Crippen LogP contribution in [0.1, 0.15) is 5.69 Å². The minimum atomic E-state index is -5.03. The Morgan fingerprint density at radius 3 is 2.50 bits per heavy atom. The molecular weight excluding hydrogens is 428 g/mol. The summed E-state index contributed by atoms with van der Waals surface area (Å²) in [6.45, 7) is 0. The number of aromatic amines is 1. The summed E-state index contributed by atoms with van der Waals surface area (Å²) in [4.78, 5) is 21.4. The molecule has 0 saturated heterocycles. The first-order chi connectivity index (χ1) is 13.1. The van der Waals surface area contributed by atoms with Gasteiger partial charge in [-0.3, -0.25) is 9.78 Å². The monoisotopic (exact) mass is 436 g/mol. The third-order valence-electron chi connectivity index (χ3n) is 3.24. The fraction of sp³-hybridized carbons (Fsp3) is 0.143. The van der Waals surface area contributed by atoms with Gasteiger partial charge in [-0.15, -0.1) is 5.10 Å². The van der Waals surface area contributed by atoms with E-state index < -0.39 is 29.1 Å². The summed E-state index contributed by atoms with van der Waals surface area (Å²) >= 11 is 11.6. The van der Waals surface area contributed by atoms with E-state index in [-0.39, 0.29) is 27.8 Å². The Hall–Kier alpha value is -2.99. The van der Waals surface area contributed by atoms with Crippen LogP contribution in [0, 0.1) is 0 Å². The van der Waals surface area contributed by atoms with Crippen molar-refractivity contribution in [3.05, 3.63) is 44.3 Å². The van der Waals surface area contributed by atoms with Crippen LogP contribution in [0.25, 0.3) is 5.95 Å². The lowest BCUT2D eigenvalue weighted by atomic mass is 10.3. The van der Waals surface area contributed by atoms with Gasteiger partial charge in [0.25, 0.3) is 5.56 Å². The molecule has 0 fully saturated rings. The molecule has 0 aliphatic heterocycles. The third kappa shape index (κ3) is 3.82. The molecule has 9 nitrogen and oxygen atoms in total. The zero-order valence-electron chi connectivity index (χ0n) is 13.7. The van der Waals surface area contributed by atoms with E-state index in [1.54, 1.807) is 0 Å². The lowest BCUT2D eigenvalue weighted by Gasteiger charge is -2.13. The fourth-order valence-electron chi connectivity index (χ4n) is 2.04. The number of halogens is 5. The molecule has 0 bridgehead atoms. The number of H-pyrrole nitrogens is 1. The molecule has 0 amide bonds. The number of hydrogen-bond acceptors (Lipinski definition) is 7. The molecule has 0 radical (unpaired) electrons. The normalized spacial score (nSPS) is 11.5. The molecule has 0 atom stereocenters. The molecule has 0 spiro atoms. The first-order valence-corrected chi connectivity index (χ1v) is 7.97. The number of benzene rings is 1. The lowest BCUT2D eigenvalue weighted by Crippen LogP contribution is -2.23. The summed E-state index contributed by atoms with van der Waals surface area (Å²) in [6.07, 6.45) is -5.03. The first-order valence-electron chi connectivity index (χ1n) is 7.21. The number of nitrogens with two attached hydrogens (primary N) is 1. The minimum Gasteiger partial charge on any atom is -0.466 e. The Morgan fingerprint density at radius 2 is 1.93 bits per heavy atom. The second-order valence-electron chi connectivity index (χ2n) is 5.11. The molecule has 0 saturated carbocycles. The van der Waals surface area contributed by atoms with Crippen molar-refractivity contribution in [3.63, 3.8) is 0 Å². The first kappa shape index (κ1) is 19.8. The van der Waals surface area contributed by atoms with E-state index in [1.807, 2.05) is 0 Å². The number of aromatic nitrogens is 5. The van der Waals surface area contributed by atoms with Gasteiger partial charge in [0.1, 0.15) is 5.75 Å². The van der Waals surface area contributed by atoms with Gasteiger partial charge in [-0.05, 0) is 12.1 Å². The van der Waals surface area contributed by atoms with Crippen molar-refractivity contribution in [2.24, 2.45) is 0 Å². The predicted molar refractivity (Wildman–Crippen MR) is 92.3 cm³/mol. The van der Waals surface area contributed by atoms with Gasteiger partial charge in [-0.1, -0.05) is 23.2 Å². The zero-order valence-corrected chi connectivity index (χ0v) is 15.2. The van der Waals surface area contributed by atoms with Crippen LogP contribution in [0.3, 0.4) is 0 Å². The van der Waals surface area contributed by atoms with Gasteiger partial charge < -0.3 is 15.2 Å². The number of rotatable bonds is 4. The van der Waals surface area contributed by atoms with E-state index >= 15 is 0 Å². The molecule has 0 unspecified atom stereocenters. The van der Waals surface area contributed by atoms with Crippen LogP contribution in [0.15, 0.2) is 23.0 Å². The SMILES string of the molecule is COc1nc(N)n(-c2nc(C(F)(F)F)c(Oc3ccc(Cl)c(Cl)c3)c(=O)[nH]2)n1. The zero-order chi connectivity index (χ0) is 20.6. The van der Waals surface area contributed by atoms with Gasteiger partial charge in [0, 0.05) is 6.07 Å². The maximum Gasteiger partial charge on any atom is 0.437 e. The molecule has 14 heteroatoms. The van der Waals surface area contributed by atoms with Crippen LogP contribution in [0.5, 0.6) is 17.5 Å². The smallest absolute Gasteiger partial charge is 0.437 e. The van der Waals surface area contributed by atoms with Crippen molar-refractivity contribution in [1.82, 2.24) is 24.7 Å². The third-order valence-corrected chi connectivity index (χ3v) is 3.98. The molecule has 0 aliphatic carbocycles. The summed E-state index contributed by atoms with van der Waals surface area (Å²) in [5, 5.41) is 3.86. The quantitative estimate of drug-likeness (QED) is 0.644. The van der Waals surface area contributed by atoms with E-state index in [0.29, 0.717) is 4.68 Å². The number of nitrogens with one attached hydrogen (secondary N) is 1. The summed E-state index contributed by atoms with van der Waals surface area (Å²) in [5.74, 6) is -2.24. The summed E-state index contributed by atoms with van der Waals surface area (Å²) in [7, 11) is 1.23. The average Bonchev–Trinajstić information content (AvgIpc) is 2.99. The second kappa shape index (κ2) is 7.20. The second-order valence-corrected chi connectivity index (χ2v) is 5.93.